The predicted molar refractivity (Wildman–Crippen MR) is 166 cm³/mol. The van der Waals surface area contributed by atoms with Crippen LogP contribution < -0.4 is 20.4 Å². The molecule has 0 aliphatic carbocycles. The van der Waals surface area contributed by atoms with Gasteiger partial charge in [0.05, 0.1) is 0 Å². The van der Waals surface area contributed by atoms with Gasteiger partial charge in [-0.15, -0.1) is 0 Å². The normalized spacial score (nSPS) is 23.0. The summed E-state index contributed by atoms with van der Waals surface area (Å²) >= 11 is 0. The molecule has 0 spiro atoms. The van der Waals surface area contributed by atoms with Gasteiger partial charge in [-0.3, -0.25) is 9.59 Å². The van der Waals surface area contributed by atoms with Gasteiger partial charge >= 0.3 is 0 Å². The fourth-order valence-corrected chi connectivity index (χ4v) is 6.47. The first-order valence-electron chi connectivity index (χ1n) is 14.8. The van der Waals surface area contributed by atoms with Crippen LogP contribution in [0.15, 0.2) is 72.8 Å². The van der Waals surface area contributed by atoms with E-state index in [0.29, 0.717) is 35.3 Å². The van der Waals surface area contributed by atoms with E-state index >= 15 is 0 Å². The van der Waals surface area contributed by atoms with E-state index in [2.05, 4.69) is 72.4 Å². The molecule has 40 heavy (non-hydrogen) atoms. The smallest absolute Gasteiger partial charge is 0.255 e. The monoisotopic (exact) mass is 538 g/mol. The quantitative estimate of drug-likeness (QED) is 0.337. The Labute approximate surface area is 238 Å². The first-order chi connectivity index (χ1) is 19.3. The lowest BCUT2D eigenvalue weighted by molar-refractivity contribution is 0.101. The van der Waals surface area contributed by atoms with Gasteiger partial charge in [-0.2, -0.15) is 0 Å². The molecule has 2 heterocycles. The molecule has 210 valence electrons. The zero-order chi connectivity index (χ0) is 28.2. The maximum atomic E-state index is 12.9. The molecular formula is C34H42N4O2. The zero-order valence-corrected chi connectivity index (χ0v) is 24.2. The van der Waals surface area contributed by atoms with E-state index in [0.717, 1.165) is 11.4 Å². The molecule has 3 aromatic rings. The van der Waals surface area contributed by atoms with E-state index in [1.807, 2.05) is 24.3 Å². The Morgan fingerprint density at radius 2 is 0.825 bits per heavy atom. The molecule has 0 unspecified atom stereocenters. The summed E-state index contributed by atoms with van der Waals surface area (Å²) in [6.07, 6.45) is 7.39. The van der Waals surface area contributed by atoms with Gasteiger partial charge in [0.25, 0.3) is 11.8 Å². The van der Waals surface area contributed by atoms with Gasteiger partial charge in [0.15, 0.2) is 0 Å². The lowest BCUT2D eigenvalue weighted by Crippen LogP contribution is -2.43. The number of hydrogen-bond acceptors (Lipinski definition) is 4. The Bertz CT molecular complexity index is 1180. The lowest BCUT2D eigenvalue weighted by atomic mass is 9.96. The van der Waals surface area contributed by atoms with Gasteiger partial charge in [-0.1, -0.05) is 0 Å². The molecule has 2 aliphatic heterocycles. The van der Waals surface area contributed by atoms with Crippen LogP contribution in [0.5, 0.6) is 0 Å². The molecule has 2 amide bonds. The van der Waals surface area contributed by atoms with Crippen molar-refractivity contribution >= 4 is 34.6 Å². The van der Waals surface area contributed by atoms with Crippen molar-refractivity contribution in [3.05, 3.63) is 83.9 Å². The molecule has 2 N–H and O–H groups in total. The van der Waals surface area contributed by atoms with Crippen LogP contribution in [-0.4, -0.2) is 36.0 Å². The third-order valence-electron chi connectivity index (χ3n) is 8.64. The number of carbonyl (C=O) groups excluding carboxylic acids is 2. The third-order valence-corrected chi connectivity index (χ3v) is 8.64. The van der Waals surface area contributed by atoms with Gasteiger partial charge in [0.1, 0.15) is 0 Å². The molecule has 6 heteroatoms. The summed E-state index contributed by atoms with van der Waals surface area (Å²) in [6.45, 7) is 9.12. The first-order valence-corrected chi connectivity index (χ1v) is 14.8. The van der Waals surface area contributed by atoms with E-state index in [4.69, 9.17) is 0 Å². The minimum atomic E-state index is -0.198. The number of anilines is 4. The molecule has 5 rings (SSSR count). The highest BCUT2D eigenvalue weighted by Gasteiger charge is 2.26. The Balaban J connectivity index is 1.17. The Morgan fingerprint density at radius 1 is 0.525 bits per heavy atom. The molecule has 6 nitrogen and oxygen atoms in total. The number of nitrogens with one attached hydrogen (secondary N) is 2. The molecule has 2 fully saturated rings. The van der Waals surface area contributed by atoms with Gasteiger partial charge < -0.3 is 20.4 Å². The van der Waals surface area contributed by atoms with Crippen LogP contribution in [-0.2, 0) is 0 Å². The number of amides is 2. The van der Waals surface area contributed by atoms with Gasteiger partial charge in [0, 0.05) is 58.0 Å². The van der Waals surface area contributed by atoms with Crippen LogP contribution in [0.3, 0.4) is 0 Å². The largest absolute Gasteiger partial charge is 0.366 e. The van der Waals surface area contributed by atoms with Crippen molar-refractivity contribution in [1.82, 2.24) is 0 Å². The fourth-order valence-electron chi connectivity index (χ4n) is 6.47. The number of piperidine rings is 2. The number of nitrogens with zero attached hydrogens (tertiary/aromatic N) is 2. The Hall–Kier alpha value is -3.80. The number of carbonyl (C=O) groups is 2. The number of benzene rings is 3. The average Bonchev–Trinajstić information content (AvgIpc) is 2.95. The van der Waals surface area contributed by atoms with Crippen LogP contribution in [0.25, 0.3) is 0 Å². The van der Waals surface area contributed by atoms with Gasteiger partial charge in [-0.25, -0.2) is 0 Å². The number of rotatable bonds is 6. The first kappa shape index (κ1) is 27.8. The molecule has 2 aliphatic rings. The second-order valence-electron chi connectivity index (χ2n) is 11.7. The average molecular weight is 539 g/mol. The number of hydrogen-bond donors (Lipinski definition) is 2. The van der Waals surface area contributed by atoms with Crippen molar-refractivity contribution in [1.29, 1.82) is 0 Å². The Morgan fingerprint density at radius 3 is 1.12 bits per heavy atom. The van der Waals surface area contributed by atoms with Crippen molar-refractivity contribution < 1.29 is 9.59 Å². The highest BCUT2D eigenvalue weighted by atomic mass is 16.2. The van der Waals surface area contributed by atoms with Crippen molar-refractivity contribution in [2.24, 2.45) is 0 Å². The van der Waals surface area contributed by atoms with Crippen LogP contribution >= 0.6 is 0 Å². The summed E-state index contributed by atoms with van der Waals surface area (Å²) < 4.78 is 0. The van der Waals surface area contributed by atoms with Crippen LogP contribution in [0.1, 0.15) is 86.9 Å². The van der Waals surface area contributed by atoms with E-state index in [1.54, 1.807) is 24.3 Å². The summed E-state index contributed by atoms with van der Waals surface area (Å²) in [6, 6.07) is 25.0. The summed E-state index contributed by atoms with van der Waals surface area (Å²) in [5, 5.41) is 5.95. The molecule has 2 saturated heterocycles. The molecule has 4 atom stereocenters. The second-order valence-corrected chi connectivity index (χ2v) is 11.7. The fraction of sp³-hybridized carbons (Fsp3) is 0.412. The summed E-state index contributed by atoms with van der Waals surface area (Å²) in [5.74, 6) is -0.396. The summed E-state index contributed by atoms with van der Waals surface area (Å²) in [7, 11) is 0. The zero-order valence-electron chi connectivity index (χ0n) is 24.2. The van der Waals surface area contributed by atoms with Crippen molar-refractivity contribution in [2.45, 2.75) is 90.4 Å². The molecule has 0 radical (unpaired) electrons. The maximum Gasteiger partial charge on any atom is 0.255 e. The lowest BCUT2D eigenvalue weighted by Gasteiger charge is -2.41. The van der Waals surface area contributed by atoms with Crippen LogP contribution in [0.4, 0.5) is 22.7 Å². The van der Waals surface area contributed by atoms with E-state index in [-0.39, 0.29) is 11.8 Å². The van der Waals surface area contributed by atoms with E-state index in [9.17, 15) is 9.59 Å². The third kappa shape index (κ3) is 6.16. The summed E-state index contributed by atoms with van der Waals surface area (Å²) in [5.41, 5.74) is 4.91. The van der Waals surface area contributed by atoms with Crippen LogP contribution in [0, 0.1) is 0 Å². The van der Waals surface area contributed by atoms with Crippen molar-refractivity contribution in [2.75, 3.05) is 20.4 Å². The second kappa shape index (κ2) is 12.2. The molecule has 0 aromatic heterocycles. The molecular weight excluding hydrogens is 496 g/mol. The minimum absolute atomic E-state index is 0.198. The topological polar surface area (TPSA) is 64.7 Å². The Kier molecular flexibility index (Phi) is 8.43. The molecule has 0 saturated carbocycles. The standard InChI is InChI=1S/C34H42N4O2/c1-23-7-5-8-24(2)37(23)31-19-15-29(16-20-31)35-33(39)27-11-13-28(14-12-27)34(40)36-30-17-21-32(22-18-30)38-25(3)9-6-10-26(38)4/h11-26H,5-10H2,1-4H3,(H,35,39)(H,36,40)/t23-,24-,25-,26+/m1/s1. The minimum Gasteiger partial charge on any atom is -0.366 e. The predicted octanol–water partition coefficient (Wildman–Crippen LogP) is 7.73. The van der Waals surface area contributed by atoms with Crippen molar-refractivity contribution in [3.8, 4) is 0 Å². The van der Waals surface area contributed by atoms with E-state index in [1.165, 1.54) is 49.9 Å². The van der Waals surface area contributed by atoms with Crippen molar-refractivity contribution in [3.63, 3.8) is 0 Å². The van der Waals surface area contributed by atoms with E-state index < -0.39 is 0 Å². The molecule has 3 aromatic carbocycles. The molecule has 0 bridgehead atoms. The van der Waals surface area contributed by atoms with Gasteiger partial charge in [-0.05, 0) is 139 Å². The van der Waals surface area contributed by atoms with Gasteiger partial charge in [0.2, 0.25) is 0 Å². The maximum absolute atomic E-state index is 12.9. The SMILES string of the molecule is C[C@@H]1CCC[C@@H](C)N1c1ccc(NC(=O)c2ccc(C(=O)Nc3ccc(N4[C@H](C)CCC[C@@H]4C)cc3)cc2)cc1. The summed E-state index contributed by atoms with van der Waals surface area (Å²) in [4.78, 5) is 30.7. The van der Waals surface area contributed by atoms with Crippen LogP contribution in [0.2, 0.25) is 0 Å². The highest BCUT2D eigenvalue weighted by Crippen LogP contribution is 2.31. The highest BCUT2D eigenvalue weighted by molar-refractivity contribution is 6.07.